The molecule has 1 amide bonds. The highest BCUT2D eigenvalue weighted by Gasteiger charge is 2.35. The third-order valence-corrected chi connectivity index (χ3v) is 5.25. The van der Waals surface area contributed by atoms with Crippen molar-refractivity contribution < 1.29 is 14.3 Å². The van der Waals surface area contributed by atoms with Gasteiger partial charge in [0.2, 0.25) is 11.8 Å². The summed E-state index contributed by atoms with van der Waals surface area (Å²) >= 11 is 0. The van der Waals surface area contributed by atoms with E-state index in [1.54, 1.807) is 0 Å². The van der Waals surface area contributed by atoms with Gasteiger partial charge in [0.25, 0.3) is 0 Å². The van der Waals surface area contributed by atoms with E-state index in [1.807, 2.05) is 48.9 Å². The molecule has 4 rings (SSSR count). The molecule has 1 aliphatic carbocycles. The number of aliphatic hydroxyl groups excluding tert-OH is 1. The monoisotopic (exact) mass is 381 g/mol. The Morgan fingerprint density at radius 3 is 2.71 bits per heavy atom. The highest BCUT2D eigenvalue weighted by molar-refractivity contribution is 5.79. The Hall–Kier alpha value is -3.00. The van der Waals surface area contributed by atoms with Crippen LogP contribution in [0.1, 0.15) is 41.9 Å². The summed E-state index contributed by atoms with van der Waals surface area (Å²) in [6.45, 7) is 1.70. The van der Waals surface area contributed by atoms with Gasteiger partial charge in [0, 0.05) is 24.6 Å². The minimum Gasteiger partial charge on any atom is -0.441 e. The molecule has 1 aromatic carbocycles. The van der Waals surface area contributed by atoms with Gasteiger partial charge in [-0.1, -0.05) is 18.2 Å². The number of aliphatic hydroxyl groups is 1. The van der Waals surface area contributed by atoms with Crippen molar-refractivity contribution in [1.29, 1.82) is 0 Å². The van der Waals surface area contributed by atoms with Crippen molar-refractivity contribution >= 4 is 5.91 Å². The van der Waals surface area contributed by atoms with Crippen LogP contribution in [-0.4, -0.2) is 36.8 Å². The Bertz CT molecular complexity index is 973. The Morgan fingerprint density at radius 1 is 1.29 bits per heavy atom. The van der Waals surface area contributed by atoms with E-state index in [2.05, 4.69) is 20.5 Å². The van der Waals surface area contributed by atoms with Crippen molar-refractivity contribution in [2.24, 2.45) is 7.05 Å². The molecular formula is C20H23N5O3. The Labute approximate surface area is 162 Å². The van der Waals surface area contributed by atoms with E-state index < -0.39 is 0 Å². The lowest BCUT2D eigenvalue weighted by atomic mass is 9.79. The number of aromatic nitrogens is 4. The highest BCUT2D eigenvalue weighted by atomic mass is 16.4. The maximum absolute atomic E-state index is 12.4. The van der Waals surface area contributed by atoms with E-state index >= 15 is 0 Å². The van der Waals surface area contributed by atoms with Crippen LogP contribution in [0.15, 0.2) is 34.7 Å². The van der Waals surface area contributed by atoms with Gasteiger partial charge in [-0.3, -0.25) is 4.79 Å². The van der Waals surface area contributed by atoms with Crippen LogP contribution >= 0.6 is 0 Å². The van der Waals surface area contributed by atoms with Crippen LogP contribution in [-0.2, 0) is 24.9 Å². The van der Waals surface area contributed by atoms with Crippen LogP contribution in [0.3, 0.4) is 0 Å². The zero-order valence-electron chi connectivity index (χ0n) is 15.9. The summed E-state index contributed by atoms with van der Waals surface area (Å²) in [6, 6.07) is 9.76. The molecule has 0 saturated heterocycles. The summed E-state index contributed by atoms with van der Waals surface area (Å²) in [5.74, 6) is 2.80. The average molecular weight is 381 g/mol. The predicted octanol–water partition coefficient (Wildman–Crippen LogP) is 1.88. The lowest BCUT2D eigenvalue weighted by Crippen LogP contribution is -2.44. The van der Waals surface area contributed by atoms with Gasteiger partial charge in [0.05, 0.1) is 12.1 Å². The minimum absolute atomic E-state index is 0.0616. The second-order valence-electron chi connectivity index (χ2n) is 7.19. The van der Waals surface area contributed by atoms with Gasteiger partial charge in [0.15, 0.2) is 5.82 Å². The largest absolute Gasteiger partial charge is 0.441 e. The molecule has 8 nitrogen and oxygen atoms in total. The van der Waals surface area contributed by atoms with Crippen molar-refractivity contribution in [3.05, 3.63) is 53.4 Å². The molecule has 146 valence electrons. The summed E-state index contributed by atoms with van der Waals surface area (Å²) in [5, 5.41) is 20.4. The van der Waals surface area contributed by atoms with Gasteiger partial charge >= 0.3 is 0 Å². The molecule has 0 unspecified atom stereocenters. The predicted molar refractivity (Wildman–Crippen MR) is 101 cm³/mol. The van der Waals surface area contributed by atoms with Gasteiger partial charge in [-0.25, -0.2) is 4.98 Å². The number of hydrogen-bond donors (Lipinski definition) is 2. The summed E-state index contributed by atoms with van der Waals surface area (Å²) < 4.78 is 7.54. The molecular weight excluding hydrogens is 358 g/mol. The molecule has 2 heterocycles. The molecule has 1 fully saturated rings. The van der Waals surface area contributed by atoms with Crippen LogP contribution in [0.5, 0.6) is 0 Å². The Morgan fingerprint density at radius 2 is 2.04 bits per heavy atom. The normalized spacial score (nSPS) is 18.7. The SMILES string of the molecule is Cc1oc(-c2ccccc2)nc1CC(=O)NC1CC(c2nnc(CO)n2C)C1. The maximum Gasteiger partial charge on any atom is 0.226 e. The molecule has 1 saturated carbocycles. The molecule has 28 heavy (non-hydrogen) atoms. The van der Waals surface area contributed by atoms with E-state index in [0.717, 1.165) is 24.2 Å². The van der Waals surface area contributed by atoms with Crippen molar-refractivity contribution in [2.75, 3.05) is 0 Å². The molecule has 1 aliphatic rings. The van der Waals surface area contributed by atoms with E-state index in [4.69, 9.17) is 4.42 Å². The smallest absolute Gasteiger partial charge is 0.226 e. The van der Waals surface area contributed by atoms with Gasteiger partial charge in [0.1, 0.15) is 18.2 Å². The first-order chi connectivity index (χ1) is 13.5. The van der Waals surface area contributed by atoms with Crippen molar-refractivity contribution in [3.63, 3.8) is 0 Å². The van der Waals surface area contributed by atoms with Crippen molar-refractivity contribution in [2.45, 2.75) is 44.8 Å². The average Bonchev–Trinajstić information content (AvgIpc) is 3.21. The van der Waals surface area contributed by atoms with Crippen molar-refractivity contribution in [1.82, 2.24) is 25.1 Å². The number of benzene rings is 1. The van der Waals surface area contributed by atoms with Crippen LogP contribution in [0.2, 0.25) is 0 Å². The van der Waals surface area contributed by atoms with Crippen LogP contribution in [0.25, 0.3) is 11.5 Å². The molecule has 0 spiro atoms. The van der Waals surface area contributed by atoms with Crippen LogP contribution in [0.4, 0.5) is 0 Å². The van der Waals surface area contributed by atoms with Crippen LogP contribution in [0, 0.1) is 6.92 Å². The molecule has 0 bridgehead atoms. The first-order valence-corrected chi connectivity index (χ1v) is 9.35. The molecule has 0 atom stereocenters. The number of nitrogens with one attached hydrogen (secondary N) is 1. The number of carbonyl (C=O) groups is 1. The lowest BCUT2D eigenvalue weighted by Gasteiger charge is -2.35. The fourth-order valence-electron chi connectivity index (χ4n) is 3.54. The summed E-state index contributed by atoms with van der Waals surface area (Å²) in [4.78, 5) is 16.9. The van der Waals surface area contributed by atoms with Gasteiger partial charge in [-0.05, 0) is 31.9 Å². The minimum atomic E-state index is -0.127. The molecule has 0 radical (unpaired) electrons. The number of hydrogen-bond acceptors (Lipinski definition) is 6. The first kappa shape index (κ1) is 18.4. The first-order valence-electron chi connectivity index (χ1n) is 9.35. The lowest BCUT2D eigenvalue weighted by molar-refractivity contribution is -0.121. The number of oxazole rings is 1. The zero-order valence-corrected chi connectivity index (χ0v) is 15.9. The third kappa shape index (κ3) is 3.55. The number of carbonyl (C=O) groups excluding carboxylic acids is 1. The number of aryl methyl sites for hydroxylation is 1. The maximum atomic E-state index is 12.4. The molecule has 2 N–H and O–H groups in total. The summed E-state index contributed by atoms with van der Waals surface area (Å²) in [7, 11) is 1.85. The number of rotatable bonds is 6. The van der Waals surface area contributed by atoms with Crippen LogP contribution < -0.4 is 5.32 Å². The molecule has 8 heteroatoms. The zero-order chi connectivity index (χ0) is 19.7. The van der Waals surface area contributed by atoms with Crippen molar-refractivity contribution in [3.8, 4) is 11.5 Å². The van der Waals surface area contributed by atoms with Gasteiger partial charge in [-0.2, -0.15) is 0 Å². The molecule has 0 aliphatic heterocycles. The fourth-order valence-corrected chi connectivity index (χ4v) is 3.54. The fraction of sp³-hybridized carbons (Fsp3) is 0.400. The Kier molecular flexibility index (Phi) is 4.95. The van der Waals surface area contributed by atoms with E-state index in [0.29, 0.717) is 23.2 Å². The molecule has 2 aromatic heterocycles. The second kappa shape index (κ2) is 7.55. The third-order valence-electron chi connectivity index (χ3n) is 5.25. The standard InChI is InChI=1S/C20H23N5O3/c1-12-16(22-20(28-12)13-6-4-3-5-7-13)10-18(27)21-15-8-14(9-15)19-24-23-17(11-26)25(19)2/h3-7,14-15,26H,8-11H2,1-2H3,(H,21,27). The quantitative estimate of drug-likeness (QED) is 0.675. The topological polar surface area (TPSA) is 106 Å². The van der Waals surface area contributed by atoms with Gasteiger partial charge < -0.3 is 19.4 Å². The Balaban J connectivity index is 1.32. The van der Waals surface area contributed by atoms with E-state index in [9.17, 15) is 9.90 Å². The van der Waals surface area contributed by atoms with Gasteiger partial charge in [-0.15, -0.1) is 10.2 Å². The van der Waals surface area contributed by atoms with E-state index in [1.165, 1.54) is 0 Å². The summed E-state index contributed by atoms with van der Waals surface area (Å²) in [5.41, 5.74) is 1.55. The molecule has 3 aromatic rings. The summed E-state index contributed by atoms with van der Waals surface area (Å²) in [6.07, 6.45) is 1.83. The second-order valence-corrected chi connectivity index (χ2v) is 7.19. The number of nitrogens with zero attached hydrogens (tertiary/aromatic N) is 4. The van der Waals surface area contributed by atoms with E-state index in [-0.39, 0.29) is 30.9 Å². The highest BCUT2D eigenvalue weighted by Crippen LogP contribution is 2.36. The number of amides is 1.